The molecule has 0 saturated carbocycles. The van der Waals surface area contributed by atoms with Crippen molar-refractivity contribution in [1.82, 2.24) is 4.98 Å². The van der Waals surface area contributed by atoms with Gasteiger partial charge in [-0.05, 0) is 79.8 Å². The fourth-order valence-electron chi connectivity index (χ4n) is 4.35. The lowest BCUT2D eigenvalue weighted by Crippen LogP contribution is -2.00. The lowest BCUT2D eigenvalue weighted by atomic mass is 10.0. The summed E-state index contributed by atoms with van der Waals surface area (Å²) in [4.78, 5) is 7.08. The number of thiazole rings is 1. The highest BCUT2D eigenvalue weighted by atomic mass is 32.2. The molecule has 1 heterocycles. The molecular weight excluding hydrogens is 535 g/mol. The van der Waals surface area contributed by atoms with Crippen LogP contribution in [0.15, 0.2) is 83.8 Å². The summed E-state index contributed by atoms with van der Waals surface area (Å²) >= 11 is 3.39. The third kappa shape index (κ3) is 6.05. The summed E-state index contributed by atoms with van der Waals surface area (Å²) in [7, 11) is 0. The maximum absolute atomic E-state index is 13.8. The second-order valence-corrected chi connectivity index (χ2v) is 11.9. The molecule has 0 aliphatic rings. The van der Waals surface area contributed by atoms with Gasteiger partial charge >= 0.3 is 0 Å². The predicted molar refractivity (Wildman–Crippen MR) is 154 cm³/mol. The summed E-state index contributed by atoms with van der Waals surface area (Å²) in [5, 5.41) is 11.0. The van der Waals surface area contributed by atoms with Crippen LogP contribution in [0.3, 0.4) is 0 Å². The Kier molecular flexibility index (Phi) is 7.82. The molecule has 5 aromatic rings. The van der Waals surface area contributed by atoms with Gasteiger partial charge in [-0.1, -0.05) is 54.1 Å². The highest BCUT2D eigenvalue weighted by Gasteiger charge is 2.22. The third-order valence-corrected chi connectivity index (χ3v) is 9.24. The van der Waals surface area contributed by atoms with E-state index in [0.717, 1.165) is 49.3 Å². The summed E-state index contributed by atoms with van der Waals surface area (Å²) in [5.41, 5.74) is 5.97. The number of rotatable bonds is 7. The molecule has 1 aromatic heterocycles. The van der Waals surface area contributed by atoms with Crippen molar-refractivity contribution in [2.45, 2.75) is 37.3 Å². The van der Waals surface area contributed by atoms with Gasteiger partial charge in [0.15, 0.2) is 17.5 Å². The van der Waals surface area contributed by atoms with E-state index in [1.54, 1.807) is 41.3 Å². The second kappa shape index (κ2) is 11.3. The zero-order valence-corrected chi connectivity index (χ0v) is 23.3. The normalized spacial score (nSPS) is 12.1. The second-order valence-electron chi connectivity index (χ2n) is 9.54. The topological polar surface area (TPSA) is 33.1 Å². The molecule has 0 spiro atoms. The van der Waals surface area contributed by atoms with Crippen LogP contribution in [0.2, 0.25) is 0 Å². The van der Waals surface area contributed by atoms with E-state index < -0.39 is 17.5 Å². The van der Waals surface area contributed by atoms with E-state index in [1.165, 1.54) is 5.56 Å². The Labute approximate surface area is 234 Å². The van der Waals surface area contributed by atoms with Crippen molar-refractivity contribution < 1.29 is 18.3 Å². The average molecular weight is 562 g/mol. The molecule has 0 aliphatic heterocycles. The summed E-state index contributed by atoms with van der Waals surface area (Å²) in [5.74, 6) is -3.63. The van der Waals surface area contributed by atoms with Crippen molar-refractivity contribution in [1.29, 1.82) is 0 Å². The van der Waals surface area contributed by atoms with E-state index in [2.05, 4.69) is 31.2 Å². The van der Waals surface area contributed by atoms with Crippen molar-refractivity contribution in [2.24, 2.45) is 0 Å². The molecular formula is C32H26F3NOS2. The lowest BCUT2D eigenvalue weighted by Gasteiger charge is -2.17. The van der Waals surface area contributed by atoms with Gasteiger partial charge in [-0.2, -0.15) is 0 Å². The smallest absolute Gasteiger partial charge is 0.194 e. The van der Waals surface area contributed by atoms with Gasteiger partial charge < -0.3 is 5.11 Å². The Morgan fingerprint density at radius 2 is 1.44 bits per heavy atom. The fourth-order valence-corrected chi connectivity index (χ4v) is 6.96. The molecule has 7 heteroatoms. The van der Waals surface area contributed by atoms with Gasteiger partial charge in [0.05, 0.1) is 5.69 Å². The van der Waals surface area contributed by atoms with Crippen molar-refractivity contribution >= 4 is 23.1 Å². The van der Waals surface area contributed by atoms with Crippen LogP contribution in [0.5, 0.6) is 5.75 Å². The van der Waals surface area contributed by atoms with Gasteiger partial charge in [-0.25, -0.2) is 18.2 Å². The fraction of sp³-hybridized carbons (Fsp3) is 0.156. The number of aryl methyl sites for hydroxylation is 3. The summed E-state index contributed by atoms with van der Waals surface area (Å²) < 4.78 is 40.9. The molecule has 4 aromatic carbocycles. The van der Waals surface area contributed by atoms with E-state index in [-0.39, 0.29) is 16.6 Å². The molecule has 39 heavy (non-hydrogen) atoms. The minimum Gasteiger partial charge on any atom is -0.508 e. The minimum absolute atomic E-state index is 0.0391. The van der Waals surface area contributed by atoms with E-state index >= 15 is 0 Å². The Bertz CT molecular complexity index is 1610. The van der Waals surface area contributed by atoms with Crippen LogP contribution in [-0.2, 0) is 6.42 Å². The van der Waals surface area contributed by atoms with Crippen LogP contribution in [0.25, 0.3) is 21.7 Å². The van der Waals surface area contributed by atoms with Gasteiger partial charge in [0, 0.05) is 20.6 Å². The number of aromatic hydroxyl groups is 1. The molecule has 0 aliphatic carbocycles. The highest BCUT2D eigenvalue weighted by molar-refractivity contribution is 7.99. The van der Waals surface area contributed by atoms with Crippen LogP contribution in [0, 0.1) is 38.2 Å². The first kappa shape index (κ1) is 27.0. The average Bonchev–Trinajstić information content (AvgIpc) is 3.31. The van der Waals surface area contributed by atoms with Crippen LogP contribution < -0.4 is 0 Å². The van der Waals surface area contributed by atoms with Gasteiger partial charge in [0.1, 0.15) is 10.8 Å². The number of hydrogen-bond acceptors (Lipinski definition) is 4. The van der Waals surface area contributed by atoms with E-state index in [0.29, 0.717) is 12.0 Å². The number of benzene rings is 4. The number of nitrogens with zero attached hydrogens (tertiary/aromatic N) is 1. The molecule has 1 unspecified atom stereocenters. The third-order valence-electron chi connectivity index (χ3n) is 6.56. The quantitative estimate of drug-likeness (QED) is 0.159. The Morgan fingerprint density at radius 1 is 0.795 bits per heavy atom. The molecule has 2 nitrogen and oxygen atoms in total. The molecule has 0 saturated heterocycles. The summed E-state index contributed by atoms with van der Waals surface area (Å²) in [6.07, 6.45) is 0.688. The zero-order valence-electron chi connectivity index (χ0n) is 21.6. The van der Waals surface area contributed by atoms with Crippen LogP contribution >= 0.6 is 23.1 Å². The van der Waals surface area contributed by atoms with Crippen molar-refractivity contribution in [3.05, 3.63) is 124 Å². The lowest BCUT2D eigenvalue weighted by molar-refractivity contribution is 0.447. The Morgan fingerprint density at radius 3 is 2.08 bits per heavy atom. The first-order valence-electron chi connectivity index (χ1n) is 12.4. The number of halogens is 3. The van der Waals surface area contributed by atoms with Crippen LogP contribution in [0.4, 0.5) is 13.2 Å². The number of phenols is 1. The van der Waals surface area contributed by atoms with Crippen LogP contribution in [0.1, 0.15) is 32.5 Å². The van der Waals surface area contributed by atoms with Gasteiger partial charge in [-0.3, -0.25) is 0 Å². The van der Waals surface area contributed by atoms with Crippen LogP contribution in [-0.4, -0.2) is 10.1 Å². The molecule has 0 fully saturated rings. The Balaban J connectivity index is 1.47. The first-order valence-corrected chi connectivity index (χ1v) is 14.1. The van der Waals surface area contributed by atoms with Gasteiger partial charge in [-0.15, -0.1) is 23.1 Å². The zero-order chi connectivity index (χ0) is 27.7. The number of phenolic OH excluding ortho intramolecular Hbond substituents is 1. The number of aromatic nitrogens is 1. The maximum atomic E-state index is 13.8. The first-order chi connectivity index (χ1) is 18.7. The van der Waals surface area contributed by atoms with Gasteiger partial charge in [0.2, 0.25) is 0 Å². The number of hydrogen-bond donors (Lipinski definition) is 1. The monoisotopic (exact) mass is 561 g/mol. The summed E-state index contributed by atoms with van der Waals surface area (Å²) in [6, 6.07) is 23.4. The summed E-state index contributed by atoms with van der Waals surface area (Å²) in [6.45, 7) is 5.96. The largest absolute Gasteiger partial charge is 0.508 e. The van der Waals surface area contributed by atoms with E-state index in [4.69, 9.17) is 4.98 Å². The molecule has 0 amide bonds. The SMILES string of the molecule is Cc1ccc(-c2nc(C)c(C(Cc3ccc(-c4cc(F)c(F)c(F)c4)cc3)Sc3ccc(O)c(C)c3)s2)cc1. The maximum Gasteiger partial charge on any atom is 0.194 e. The minimum atomic E-state index is -1.47. The molecule has 1 N–H and O–H groups in total. The molecule has 198 valence electrons. The molecule has 0 radical (unpaired) electrons. The van der Waals surface area contributed by atoms with Crippen molar-refractivity contribution in [2.75, 3.05) is 0 Å². The molecule has 5 rings (SSSR count). The predicted octanol–water partition coefficient (Wildman–Crippen LogP) is 9.60. The van der Waals surface area contributed by atoms with E-state index in [1.807, 2.05) is 38.1 Å². The van der Waals surface area contributed by atoms with Gasteiger partial charge in [0.25, 0.3) is 0 Å². The highest BCUT2D eigenvalue weighted by Crippen LogP contribution is 2.44. The van der Waals surface area contributed by atoms with Crippen molar-refractivity contribution in [3.63, 3.8) is 0 Å². The standard InChI is InChI=1S/C32H26F3NOS2/c1-18-4-8-23(9-5-18)32-36-20(3)31(39-32)29(38-25-12-13-28(37)19(2)14-25)15-21-6-10-22(11-7-21)24-16-26(33)30(35)27(34)17-24/h4-14,16-17,29,37H,15H2,1-3H3. The van der Waals surface area contributed by atoms with Crippen molar-refractivity contribution in [3.8, 4) is 27.4 Å². The molecule has 0 bridgehead atoms. The van der Waals surface area contributed by atoms with E-state index in [9.17, 15) is 18.3 Å². The Hall–Kier alpha value is -3.55. The molecule has 1 atom stereocenters. The number of thioether (sulfide) groups is 1.